The molecule has 2 aromatic carbocycles. The molecule has 1 aliphatic heterocycles. The highest BCUT2D eigenvalue weighted by molar-refractivity contribution is 7.92. The Morgan fingerprint density at radius 1 is 1.15 bits per heavy atom. The van der Waals surface area contributed by atoms with Crippen LogP contribution in [0.25, 0.3) is 33.3 Å². The number of aromatic nitrogens is 6. The van der Waals surface area contributed by atoms with E-state index in [4.69, 9.17) is 21.3 Å². The number of sulfone groups is 1. The molecule has 1 fully saturated rings. The highest BCUT2D eigenvalue weighted by atomic mass is 35.5. The van der Waals surface area contributed by atoms with Gasteiger partial charge in [0.1, 0.15) is 27.9 Å². The third-order valence-corrected chi connectivity index (χ3v) is 8.09. The van der Waals surface area contributed by atoms with Crippen LogP contribution in [0.15, 0.2) is 48.9 Å². The number of H-pyrrole nitrogens is 1. The van der Waals surface area contributed by atoms with E-state index in [9.17, 15) is 8.42 Å². The molecule has 0 aliphatic carbocycles. The SMILES string of the molecule is Cc1nc2ccc(Oc3ccc4ncc(-c5cnn(CC6CS(=O)(=O)C6)c5)nc4c3Cl)cc2[nH]1. The maximum atomic E-state index is 11.4. The number of benzene rings is 2. The molecule has 11 heteroatoms. The van der Waals surface area contributed by atoms with Crippen LogP contribution in [-0.2, 0) is 16.4 Å². The van der Waals surface area contributed by atoms with E-state index < -0.39 is 9.84 Å². The first-order valence-corrected chi connectivity index (χ1v) is 12.9. The number of nitrogens with one attached hydrogen (secondary N) is 1. The van der Waals surface area contributed by atoms with Crippen LogP contribution in [-0.4, -0.2) is 49.6 Å². The van der Waals surface area contributed by atoms with E-state index in [1.54, 1.807) is 23.1 Å². The van der Waals surface area contributed by atoms with Crippen molar-refractivity contribution >= 4 is 43.5 Å². The van der Waals surface area contributed by atoms with Gasteiger partial charge in [-0.2, -0.15) is 5.10 Å². The molecule has 0 radical (unpaired) electrons. The number of ether oxygens (including phenoxy) is 1. The minimum atomic E-state index is -2.86. The van der Waals surface area contributed by atoms with E-state index in [-0.39, 0.29) is 17.4 Å². The van der Waals surface area contributed by atoms with Crippen molar-refractivity contribution in [1.29, 1.82) is 0 Å². The van der Waals surface area contributed by atoms with Crippen molar-refractivity contribution in [2.45, 2.75) is 13.5 Å². The summed E-state index contributed by atoms with van der Waals surface area (Å²) in [5.41, 5.74) is 4.31. The van der Waals surface area contributed by atoms with Gasteiger partial charge >= 0.3 is 0 Å². The number of rotatable bonds is 5. The molecule has 34 heavy (non-hydrogen) atoms. The first-order valence-electron chi connectivity index (χ1n) is 10.7. The second-order valence-corrected chi connectivity index (χ2v) is 11.0. The van der Waals surface area contributed by atoms with Crippen LogP contribution in [0.1, 0.15) is 5.82 Å². The average Bonchev–Trinajstić information content (AvgIpc) is 3.39. The van der Waals surface area contributed by atoms with Gasteiger partial charge in [0.15, 0.2) is 9.84 Å². The maximum Gasteiger partial charge on any atom is 0.151 e. The lowest BCUT2D eigenvalue weighted by Gasteiger charge is -2.25. The second kappa shape index (κ2) is 7.78. The highest BCUT2D eigenvalue weighted by Gasteiger charge is 2.33. The summed E-state index contributed by atoms with van der Waals surface area (Å²) in [6.07, 6.45) is 5.21. The summed E-state index contributed by atoms with van der Waals surface area (Å²) < 4.78 is 30.6. The van der Waals surface area contributed by atoms with E-state index in [0.29, 0.717) is 39.8 Å². The van der Waals surface area contributed by atoms with Crippen LogP contribution >= 0.6 is 11.6 Å². The molecule has 0 unspecified atom stereocenters. The van der Waals surface area contributed by atoms with Gasteiger partial charge in [-0.15, -0.1) is 0 Å². The van der Waals surface area contributed by atoms with Crippen molar-refractivity contribution < 1.29 is 13.2 Å². The standard InChI is InChI=1S/C23H19ClN6O3S/c1-13-27-17-3-2-16(6-19(17)28-13)33-21-5-4-18-23(22(21)24)29-20(8-25-18)15-7-26-30(10-15)9-14-11-34(31,32)12-14/h2-8,10,14H,9,11-12H2,1H3,(H,27,28). The summed E-state index contributed by atoms with van der Waals surface area (Å²) in [5, 5.41) is 4.71. The molecule has 3 aromatic heterocycles. The zero-order valence-electron chi connectivity index (χ0n) is 18.1. The van der Waals surface area contributed by atoms with E-state index in [0.717, 1.165) is 22.4 Å². The molecular weight excluding hydrogens is 476 g/mol. The van der Waals surface area contributed by atoms with Gasteiger partial charge in [0, 0.05) is 30.3 Å². The number of aryl methyl sites for hydroxylation is 1. The Balaban J connectivity index is 1.28. The Hall–Kier alpha value is -3.50. The van der Waals surface area contributed by atoms with Crippen molar-refractivity contribution in [3.63, 3.8) is 0 Å². The fourth-order valence-electron chi connectivity index (χ4n) is 4.19. The van der Waals surface area contributed by atoms with Crippen molar-refractivity contribution in [3.8, 4) is 22.8 Å². The summed E-state index contributed by atoms with van der Waals surface area (Å²) in [6.45, 7) is 2.46. The van der Waals surface area contributed by atoms with Gasteiger partial charge in [0.2, 0.25) is 0 Å². The molecule has 0 spiro atoms. The molecule has 5 aromatic rings. The van der Waals surface area contributed by atoms with Gasteiger partial charge in [0.05, 0.1) is 46.1 Å². The van der Waals surface area contributed by atoms with Gasteiger partial charge in [-0.3, -0.25) is 9.67 Å². The molecule has 9 nitrogen and oxygen atoms in total. The summed E-state index contributed by atoms with van der Waals surface area (Å²) in [6, 6.07) is 9.18. The molecule has 0 saturated carbocycles. The van der Waals surface area contributed by atoms with Gasteiger partial charge in [-0.25, -0.2) is 18.4 Å². The topological polar surface area (TPSA) is 116 Å². The first-order chi connectivity index (χ1) is 16.3. The summed E-state index contributed by atoms with van der Waals surface area (Å²) in [7, 11) is -2.86. The van der Waals surface area contributed by atoms with Crippen LogP contribution in [0, 0.1) is 12.8 Å². The van der Waals surface area contributed by atoms with Gasteiger partial charge < -0.3 is 9.72 Å². The largest absolute Gasteiger partial charge is 0.456 e. The van der Waals surface area contributed by atoms with Crippen LogP contribution < -0.4 is 4.74 Å². The molecule has 1 saturated heterocycles. The summed E-state index contributed by atoms with van der Waals surface area (Å²) >= 11 is 6.68. The third-order valence-electron chi connectivity index (χ3n) is 5.77. The first kappa shape index (κ1) is 21.1. The lowest BCUT2D eigenvalue weighted by Crippen LogP contribution is -2.38. The predicted molar refractivity (Wildman–Crippen MR) is 129 cm³/mol. The third kappa shape index (κ3) is 3.88. The molecule has 0 bridgehead atoms. The van der Waals surface area contributed by atoms with E-state index in [1.165, 1.54) is 0 Å². The van der Waals surface area contributed by atoms with E-state index in [2.05, 4.69) is 20.1 Å². The zero-order valence-corrected chi connectivity index (χ0v) is 19.6. The molecular formula is C23H19ClN6O3S. The fourth-order valence-corrected chi connectivity index (χ4v) is 5.98. The minimum Gasteiger partial charge on any atom is -0.456 e. The number of imidazole rings is 1. The number of fused-ring (bicyclic) bond motifs is 2. The number of hydrogen-bond donors (Lipinski definition) is 1. The molecule has 172 valence electrons. The quantitative estimate of drug-likeness (QED) is 0.390. The van der Waals surface area contributed by atoms with Gasteiger partial charge in [-0.05, 0) is 31.2 Å². The van der Waals surface area contributed by atoms with Gasteiger partial charge in [0.25, 0.3) is 0 Å². The number of hydrogen-bond acceptors (Lipinski definition) is 7. The smallest absolute Gasteiger partial charge is 0.151 e. The molecule has 0 amide bonds. The zero-order chi connectivity index (χ0) is 23.4. The Kier molecular flexibility index (Phi) is 4.82. The lowest BCUT2D eigenvalue weighted by atomic mass is 10.2. The summed E-state index contributed by atoms with van der Waals surface area (Å²) in [5.74, 6) is 2.45. The molecule has 4 heterocycles. The average molecular weight is 495 g/mol. The second-order valence-electron chi connectivity index (χ2n) is 8.50. The Morgan fingerprint density at radius 2 is 1.97 bits per heavy atom. The van der Waals surface area contributed by atoms with Crippen LogP contribution in [0.2, 0.25) is 5.02 Å². The molecule has 0 atom stereocenters. The van der Waals surface area contributed by atoms with Crippen molar-refractivity contribution in [2.24, 2.45) is 5.92 Å². The van der Waals surface area contributed by atoms with Crippen molar-refractivity contribution in [2.75, 3.05) is 11.5 Å². The van der Waals surface area contributed by atoms with Crippen LogP contribution in [0.5, 0.6) is 11.5 Å². The molecule has 6 rings (SSSR count). The van der Waals surface area contributed by atoms with Gasteiger partial charge in [-0.1, -0.05) is 11.6 Å². The van der Waals surface area contributed by atoms with Crippen molar-refractivity contribution in [1.82, 2.24) is 29.7 Å². The number of halogens is 1. The number of aromatic amines is 1. The molecule has 1 N–H and O–H groups in total. The van der Waals surface area contributed by atoms with E-state index >= 15 is 0 Å². The predicted octanol–water partition coefficient (Wildman–Crippen LogP) is 4.17. The monoisotopic (exact) mass is 494 g/mol. The Bertz CT molecular complexity index is 1670. The Morgan fingerprint density at radius 3 is 2.79 bits per heavy atom. The maximum absolute atomic E-state index is 11.4. The van der Waals surface area contributed by atoms with Crippen LogP contribution in [0.3, 0.4) is 0 Å². The molecule has 1 aliphatic rings. The Labute approximate surface area is 199 Å². The fraction of sp³-hybridized carbons (Fsp3) is 0.217. The normalized spacial score (nSPS) is 15.6. The minimum absolute atomic E-state index is 0.0967. The number of nitrogens with zero attached hydrogens (tertiary/aromatic N) is 5. The van der Waals surface area contributed by atoms with Crippen LogP contribution in [0.4, 0.5) is 0 Å². The lowest BCUT2D eigenvalue weighted by molar-refractivity contribution is 0.443. The highest BCUT2D eigenvalue weighted by Crippen LogP contribution is 2.35. The van der Waals surface area contributed by atoms with Crippen molar-refractivity contribution in [3.05, 3.63) is 59.8 Å². The summed E-state index contributed by atoms with van der Waals surface area (Å²) in [4.78, 5) is 16.8. The van der Waals surface area contributed by atoms with E-state index in [1.807, 2.05) is 37.4 Å².